The Morgan fingerprint density at radius 3 is 2.79 bits per heavy atom. The molecule has 28 heavy (non-hydrogen) atoms. The lowest BCUT2D eigenvalue weighted by molar-refractivity contribution is -0.116. The zero-order chi connectivity index (χ0) is 19.3. The van der Waals surface area contributed by atoms with Crippen LogP contribution in [0.2, 0.25) is 0 Å². The first-order valence-corrected chi connectivity index (χ1v) is 9.76. The van der Waals surface area contributed by atoms with Gasteiger partial charge >= 0.3 is 0 Å². The number of aryl methyl sites for hydroxylation is 2. The summed E-state index contributed by atoms with van der Waals surface area (Å²) in [5.74, 6) is 1.57. The highest BCUT2D eigenvalue weighted by Gasteiger charge is 2.16. The van der Waals surface area contributed by atoms with Gasteiger partial charge in [-0.3, -0.25) is 4.79 Å². The summed E-state index contributed by atoms with van der Waals surface area (Å²) in [6, 6.07) is 14.0. The molecular weight excluding hydrogens is 355 g/mol. The molecule has 6 heteroatoms. The van der Waals surface area contributed by atoms with Crippen LogP contribution in [0.15, 0.2) is 48.5 Å². The number of aromatic nitrogens is 3. The van der Waals surface area contributed by atoms with E-state index in [9.17, 15) is 9.18 Å². The van der Waals surface area contributed by atoms with Crippen LogP contribution in [-0.2, 0) is 24.2 Å². The summed E-state index contributed by atoms with van der Waals surface area (Å²) in [5.41, 5.74) is 2.64. The van der Waals surface area contributed by atoms with Crippen molar-refractivity contribution in [2.75, 3.05) is 5.32 Å². The molecule has 0 saturated heterocycles. The molecule has 0 bridgehead atoms. The molecule has 5 nitrogen and oxygen atoms in total. The van der Waals surface area contributed by atoms with Gasteiger partial charge in [0.1, 0.15) is 11.6 Å². The fourth-order valence-electron chi connectivity index (χ4n) is 3.57. The van der Waals surface area contributed by atoms with E-state index in [1.165, 1.54) is 18.6 Å². The molecule has 1 aliphatic rings. The molecule has 2 heterocycles. The topological polar surface area (TPSA) is 59.8 Å². The fraction of sp³-hybridized carbons (Fsp3) is 0.318. The van der Waals surface area contributed by atoms with E-state index in [0.29, 0.717) is 12.8 Å². The van der Waals surface area contributed by atoms with Crippen LogP contribution in [0.1, 0.15) is 37.1 Å². The predicted octanol–water partition coefficient (Wildman–Crippen LogP) is 4.38. The lowest BCUT2D eigenvalue weighted by Crippen LogP contribution is -2.12. The molecule has 0 saturated carbocycles. The van der Waals surface area contributed by atoms with Gasteiger partial charge in [-0.2, -0.15) is 0 Å². The molecule has 0 spiro atoms. The van der Waals surface area contributed by atoms with Gasteiger partial charge in [0, 0.05) is 30.6 Å². The summed E-state index contributed by atoms with van der Waals surface area (Å²) >= 11 is 0. The molecule has 0 unspecified atom stereocenters. The van der Waals surface area contributed by atoms with Gasteiger partial charge in [0.05, 0.1) is 0 Å². The third-order valence-electron chi connectivity index (χ3n) is 5.07. The maximum absolute atomic E-state index is 13.0. The summed E-state index contributed by atoms with van der Waals surface area (Å²) in [4.78, 5) is 12.3. The summed E-state index contributed by atoms with van der Waals surface area (Å²) in [6.07, 6.45) is 5.39. The van der Waals surface area contributed by atoms with Crippen LogP contribution in [0.3, 0.4) is 0 Å². The van der Waals surface area contributed by atoms with Gasteiger partial charge in [0.2, 0.25) is 5.91 Å². The van der Waals surface area contributed by atoms with Crippen LogP contribution in [0.25, 0.3) is 11.4 Å². The number of anilines is 1. The molecule has 1 aromatic heterocycles. The number of rotatable bonds is 5. The van der Waals surface area contributed by atoms with Crippen molar-refractivity contribution in [2.24, 2.45) is 0 Å². The van der Waals surface area contributed by atoms with E-state index in [1.54, 1.807) is 12.1 Å². The minimum atomic E-state index is -0.267. The monoisotopic (exact) mass is 378 g/mol. The van der Waals surface area contributed by atoms with Crippen molar-refractivity contribution in [3.05, 3.63) is 65.7 Å². The van der Waals surface area contributed by atoms with E-state index >= 15 is 0 Å². The van der Waals surface area contributed by atoms with Crippen molar-refractivity contribution in [3.63, 3.8) is 0 Å². The van der Waals surface area contributed by atoms with Crippen LogP contribution in [0.4, 0.5) is 10.1 Å². The van der Waals surface area contributed by atoms with E-state index in [4.69, 9.17) is 0 Å². The Hall–Kier alpha value is -3.02. The number of nitrogens with zero attached hydrogens (tertiary/aromatic N) is 3. The summed E-state index contributed by atoms with van der Waals surface area (Å²) in [5, 5.41) is 11.7. The SMILES string of the molecule is O=C(CCc1ccc(F)cc1)Nc1cccc(-c2nnc3n2CCCCC3)c1. The molecule has 2 aromatic carbocycles. The molecule has 0 aliphatic carbocycles. The zero-order valence-corrected chi connectivity index (χ0v) is 15.7. The molecule has 0 fully saturated rings. The minimum absolute atomic E-state index is 0.0680. The van der Waals surface area contributed by atoms with E-state index < -0.39 is 0 Å². The molecule has 1 aliphatic heterocycles. The van der Waals surface area contributed by atoms with Gasteiger partial charge in [-0.1, -0.05) is 30.7 Å². The molecular formula is C22H23FN4O. The Kier molecular flexibility index (Phi) is 5.46. The molecule has 1 amide bonds. The summed E-state index contributed by atoms with van der Waals surface area (Å²) in [6.45, 7) is 0.936. The summed E-state index contributed by atoms with van der Waals surface area (Å²) in [7, 11) is 0. The van der Waals surface area contributed by atoms with E-state index in [2.05, 4.69) is 20.1 Å². The van der Waals surface area contributed by atoms with E-state index in [-0.39, 0.29) is 11.7 Å². The highest BCUT2D eigenvalue weighted by atomic mass is 19.1. The van der Waals surface area contributed by atoms with E-state index in [0.717, 1.165) is 54.3 Å². The largest absolute Gasteiger partial charge is 0.326 e. The van der Waals surface area contributed by atoms with Crippen molar-refractivity contribution >= 4 is 11.6 Å². The minimum Gasteiger partial charge on any atom is -0.326 e. The van der Waals surface area contributed by atoms with Crippen LogP contribution in [-0.4, -0.2) is 20.7 Å². The van der Waals surface area contributed by atoms with Crippen LogP contribution in [0, 0.1) is 5.82 Å². The zero-order valence-electron chi connectivity index (χ0n) is 15.7. The Morgan fingerprint density at radius 1 is 1.07 bits per heavy atom. The van der Waals surface area contributed by atoms with Crippen LogP contribution in [0.5, 0.6) is 0 Å². The second kappa shape index (κ2) is 8.33. The van der Waals surface area contributed by atoms with Crippen molar-refractivity contribution in [2.45, 2.75) is 45.1 Å². The van der Waals surface area contributed by atoms with E-state index in [1.807, 2.05) is 24.3 Å². The lowest BCUT2D eigenvalue weighted by Gasteiger charge is -2.09. The Morgan fingerprint density at radius 2 is 1.93 bits per heavy atom. The number of carbonyl (C=O) groups is 1. The maximum Gasteiger partial charge on any atom is 0.224 e. The van der Waals surface area contributed by atoms with Gasteiger partial charge in [-0.15, -0.1) is 10.2 Å². The average molecular weight is 378 g/mol. The first-order chi connectivity index (χ1) is 13.7. The smallest absolute Gasteiger partial charge is 0.224 e. The standard InChI is InChI=1S/C22H23FN4O/c23-18-11-8-16(9-12-18)10-13-21(28)24-19-6-4-5-17(15-19)22-26-25-20-7-2-1-3-14-27(20)22/h4-6,8-9,11-12,15H,1-3,7,10,13-14H2,(H,24,28). The van der Waals surface area contributed by atoms with Crippen LogP contribution >= 0.6 is 0 Å². The quantitative estimate of drug-likeness (QED) is 0.717. The number of nitrogens with one attached hydrogen (secondary N) is 1. The highest BCUT2D eigenvalue weighted by Crippen LogP contribution is 2.25. The average Bonchev–Trinajstić information content (AvgIpc) is 2.96. The molecule has 144 valence electrons. The Bertz CT molecular complexity index is 965. The van der Waals surface area contributed by atoms with Gasteiger partial charge < -0.3 is 9.88 Å². The third kappa shape index (κ3) is 4.27. The second-order valence-corrected chi connectivity index (χ2v) is 7.16. The van der Waals surface area contributed by atoms with Crippen molar-refractivity contribution in [1.82, 2.24) is 14.8 Å². The van der Waals surface area contributed by atoms with Crippen molar-refractivity contribution in [3.8, 4) is 11.4 Å². The van der Waals surface area contributed by atoms with Gasteiger partial charge in [-0.25, -0.2) is 4.39 Å². The van der Waals surface area contributed by atoms with Gasteiger partial charge in [0.15, 0.2) is 5.82 Å². The first-order valence-electron chi connectivity index (χ1n) is 9.76. The maximum atomic E-state index is 13.0. The molecule has 0 atom stereocenters. The van der Waals surface area contributed by atoms with Crippen LogP contribution < -0.4 is 5.32 Å². The Labute approximate surface area is 163 Å². The Balaban J connectivity index is 1.43. The number of halogens is 1. The van der Waals surface area contributed by atoms with Gasteiger partial charge in [0.25, 0.3) is 0 Å². The molecule has 4 rings (SSSR count). The van der Waals surface area contributed by atoms with Crippen molar-refractivity contribution < 1.29 is 9.18 Å². The predicted molar refractivity (Wildman–Crippen MR) is 106 cm³/mol. The number of fused-ring (bicyclic) bond motifs is 1. The number of hydrogen-bond donors (Lipinski definition) is 1. The number of hydrogen-bond acceptors (Lipinski definition) is 3. The highest BCUT2D eigenvalue weighted by molar-refractivity contribution is 5.91. The normalized spacial score (nSPS) is 13.6. The fourth-order valence-corrected chi connectivity index (χ4v) is 3.57. The lowest BCUT2D eigenvalue weighted by atomic mass is 10.1. The molecule has 1 N–H and O–H groups in total. The first kappa shape index (κ1) is 18.3. The third-order valence-corrected chi connectivity index (χ3v) is 5.07. The molecule has 3 aromatic rings. The number of benzene rings is 2. The van der Waals surface area contributed by atoms with Crippen molar-refractivity contribution in [1.29, 1.82) is 0 Å². The second-order valence-electron chi connectivity index (χ2n) is 7.16. The molecule has 0 radical (unpaired) electrons. The summed E-state index contributed by atoms with van der Waals surface area (Å²) < 4.78 is 15.2. The number of carbonyl (C=O) groups excluding carboxylic acids is 1. The number of amides is 1. The van der Waals surface area contributed by atoms with Gasteiger partial charge in [-0.05, 0) is 49.1 Å².